The van der Waals surface area contributed by atoms with Gasteiger partial charge in [-0.05, 0) is 43.6 Å². The van der Waals surface area contributed by atoms with E-state index in [1.54, 1.807) is 11.8 Å². The second-order valence-corrected chi connectivity index (χ2v) is 6.99. The van der Waals surface area contributed by atoms with Gasteiger partial charge >= 0.3 is 6.03 Å². The molecule has 0 aliphatic carbocycles. The smallest absolute Gasteiger partial charge is 0.321 e. The van der Waals surface area contributed by atoms with Crippen molar-refractivity contribution in [3.8, 4) is 0 Å². The predicted molar refractivity (Wildman–Crippen MR) is 99.5 cm³/mol. The molecule has 2 rings (SSSR count). The van der Waals surface area contributed by atoms with E-state index in [0.29, 0.717) is 25.4 Å². The van der Waals surface area contributed by atoms with Crippen LogP contribution in [0.15, 0.2) is 29.2 Å². The number of hydrogen-bond donors (Lipinski definition) is 2. The fourth-order valence-electron chi connectivity index (χ4n) is 2.93. The second-order valence-electron chi connectivity index (χ2n) is 6.14. The van der Waals surface area contributed by atoms with Crippen LogP contribution >= 0.6 is 11.8 Å². The van der Waals surface area contributed by atoms with Crippen LogP contribution in [0.3, 0.4) is 0 Å². The maximum Gasteiger partial charge on any atom is 0.321 e. The molecular weight excluding hydrogens is 322 g/mol. The highest BCUT2D eigenvalue weighted by Gasteiger charge is 2.24. The van der Waals surface area contributed by atoms with Crippen LogP contribution < -0.4 is 10.6 Å². The minimum absolute atomic E-state index is 0.0546. The number of urea groups is 1. The van der Waals surface area contributed by atoms with Crippen molar-refractivity contribution in [2.75, 3.05) is 31.2 Å². The van der Waals surface area contributed by atoms with E-state index in [4.69, 9.17) is 0 Å². The molecule has 0 unspecified atom stereocenters. The van der Waals surface area contributed by atoms with Crippen molar-refractivity contribution in [2.45, 2.75) is 37.5 Å². The van der Waals surface area contributed by atoms with Crippen molar-refractivity contribution >= 4 is 29.4 Å². The summed E-state index contributed by atoms with van der Waals surface area (Å²) in [5.41, 5.74) is 0.855. The average Bonchev–Trinajstić information content (AvgIpc) is 2.61. The average molecular weight is 350 g/mol. The van der Waals surface area contributed by atoms with Gasteiger partial charge in [-0.3, -0.25) is 4.79 Å². The Kier molecular flexibility index (Phi) is 7.43. The van der Waals surface area contributed by atoms with Crippen LogP contribution in [0.2, 0.25) is 0 Å². The lowest BCUT2D eigenvalue weighted by atomic mass is 9.98. The molecule has 1 aliphatic heterocycles. The fraction of sp³-hybridized carbons (Fsp3) is 0.556. The van der Waals surface area contributed by atoms with E-state index in [1.165, 1.54) is 0 Å². The molecule has 1 aromatic carbocycles. The molecule has 0 saturated carbocycles. The van der Waals surface area contributed by atoms with E-state index in [9.17, 15) is 9.59 Å². The third-order valence-electron chi connectivity index (χ3n) is 4.22. The number of piperidine rings is 1. The minimum atomic E-state index is -0.0546. The first-order valence-corrected chi connectivity index (χ1v) is 9.82. The van der Waals surface area contributed by atoms with Gasteiger partial charge in [0.1, 0.15) is 0 Å². The molecule has 3 amide bonds. The monoisotopic (exact) mass is 349 g/mol. The van der Waals surface area contributed by atoms with E-state index >= 15 is 0 Å². The highest BCUT2D eigenvalue weighted by Crippen LogP contribution is 2.25. The molecule has 5 nitrogen and oxygen atoms in total. The van der Waals surface area contributed by atoms with Crippen LogP contribution in [0.4, 0.5) is 10.5 Å². The molecule has 1 saturated heterocycles. The van der Waals surface area contributed by atoms with Gasteiger partial charge < -0.3 is 15.5 Å². The maximum absolute atomic E-state index is 12.5. The molecule has 1 aromatic rings. The molecule has 0 radical (unpaired) electrons. The lowest BCUT2D eigenvalue weighted by molar-refractivity contribution is -0.121. The fourth-order valence-corrected chi connectivity index (χ4v) is 3.49. The summed E-state index contributed by atoms with van der Waals surface area (Å²) in [6, 6.07) is 7.77. The summed E-state index contributed by atoms with van der Waals surface area (Å²) in [6.07, 6.45) is 5.46. The third-order valence-corrected chi connectivity index (χ3v) is 5.02. The van der Waals surface area contributed by atoms with Crippen LogP contribution in [0.25, 0.3) is 0 Å². The lowest BCUT2D eigenvalue weighted by Gasteiger charge is -2.33. The van der Waals surface area contributed by atoms with Crippen LogP contribution in [-0.4, -0.2) is 42.7 Å². The molecule has 0 spiro atoms. The Labute approximate surface area is 148 Å². The number of anilines is 1. The predicted octanol–water partition coefficient (Wildman–Crippen LogP) is 3.57. The van der Waals surface area contributed by atoms with Gasteiger partial charge in [-0.25, -0.2) is 4.79 Å². The van der Waals surface area contributed by atoms with Crippen molar-refractivity contribution < 1.29 is 9.59 Å². The lowest BCUT2D eigenvalue weighted by Crippen LogP contribution is -2.45. The van der Waals surface area contributed by atoms with Gasteiger partial charge in [0.05, 0.1) is 5.69 Å². The van der Waals surface area contributed by atoms with Crippen molar-refractivity contribution in [1.82, 2.24) is 10.2 Å². The number of rotatable bonds is 6. The van der Waals surface area contributed by atoms with Gasteiger partial charge in [0.15, 0.2) is 0 Å². The quantitative estimate of drug-likeness (QED) is 0.772. The second kappa shape index (κ2) is 9.57. The Hall–Kier alpha value is -1.69. The molecule has 1 aliphatic rings. The minimum Gasteiger partial charge on any atom is -0.356 e. The van der Waals surface area contributed by atoms with Crippen LogP contribution in [0.5, 0.6) is 0 Å². The van der Waals surface area contributed by atoms with Crippen molar-refractivity contribution in [3.63, 3.8) is 0 Å². The third kappa shape index (κ3) is 5.44. The summed E-state index contributed by atoms with van der Waals surface area (Å²) >= 11 is 1.62. The molecule has 1 heterocycles. The first-order valence-electron chi connectivity index (χ1n) is 8.59. The van der Waals surface area contributed by atoms with E-state index in [2.05, 4.69) is 10.6 Å². The van der Waals surface area contributed by atoms with E-state index in [-0.39, 0.29) is 11.9 Å². The van der Waals surface area contributed by atoms with Gasteiger partial charge in [0.25, 0.3) is 0 Å². The highest BCUT2D eigenvalue weighted by atomic mass is 32.2. The highest BCUT2D eigenvalue weighted by molar-refractivity contribution is 7.98. The summed E-state index contributed by atoms with van der Waals surface area (Å²) in [5.74, 6) is 0.439. The molecular formula is C18H27N3O2S. The SMILES string of the molecule is CCCC(=O)NC[C@H]1CCCN(C(=O)Nc2ccccc2SC)C1. The normalized spacial score (nSPS) is 17.4. The number of para-hydroxylation sites is 1. The number of carbonyl (C=O) groups excluding carboxylic acids is 2. The van der Waals surface area contributed by atoms with E-state index in [0.717, 1.165) is 36.4 Å². The van der Waals surface area contributed by atoms with Crippen LogP contribution in [0, 0.1) is 5.92 Å². The Bertz CT molecular complexity index is 565. The number of likely N-dealkylation sites (tertiary alicyclic amines) is 1. The topological polar surface area (TPSA) is 61.4 Å². The maximum atomic E-state index is 12.5. The van der Waals surface area contributed by atoms with Crippen molar-refractivity contribution in [1.29, 1.82) is 0 Å². The molecule has 1 fully saturated rings. The Morgan fingerprint density at radius 1 is 1.33 bits per heavy atom. The van der Waals surface area contributed by atoms with Gasteiger partial charge in [0, 0.05) is 31.0 Å². The zero-order valence-corrected chi connectivity index (χ0v) is 15.3. The number of thioether (sulfide) groups is 1. The Morgan fingerprint density at radius 2 is 2.12 bits per heavy atom. The molecule has 1 atom stereocenters. The Morgan fingerprint density at radius 3 is 2.88 bits per heavy atom. The molecule has 24 heavy (non-hydrogen) atoms. The van der Waals surface area contributed by atoms with Gasteiger partial charge in [0.2, 0.25) is 5.91 Å². The number of amides is 3. The molecule has 6 heteroatoms. The molecule has 2 N–H and O–H groups in total. The number of benzene rings is 1. The zero-order valence-electron chi connectivity index (χ0n) is 14.5. The standard InChI is InChI=1S/C18H27N3O2S/c1-3-7-17(22)19-12-14-8-6-11-21(13-14)18(23)20-15-9-4-5-10-16(15)24-2/h4-5,9-10,14H,3,6-8,11-13H2,1-2H3,(H,19,22)(H,20,23)/t14-/m1/s1. The molecule has 0 bridgehead atoms. The van der Waals surface area contributed by atoms with Gasteiger partial charge in [-0.15, -0.1) is 11.8 Å². The van der Waals surface area contributed by atoms with Crippen LogP contribution in [0.1, 0.15) is 32.6 Å². The number of carbonyl (C=O) groups is 2. The Balaban J connectivity index is 1.87. The number of hydrogen-bond acceptors (Lipinski definition) is 3. The number of nitrogens with zero attached hydrogens (tertiary/aromatic N) is 1. The largest absolute Gasteiger partial charge is 0.356 e. The van der Waals surface area contributed by atoms with Crippen LogP contribution in [-0.2, 0) is 4.79 Å². The zero-order chi connectivity index (χ0) is 17.4. The van der Waals surface area contributed by atoms with E-state index < -0.39 is 0 Å². The van der Waals surface area contributed by atoms with E-state index in [1.807, 2.05) is 42.3 Å². The van der Waals surface area contributed by atoms with Gasteiger partial charge in [-0.2, -0.15) is 0 Å². The first kappa shape index (κ1) is 18.6. The summed E-state index contributed by atoms with van der Waals surface area (Å²) in [4.78, 5) is 27.1. The molecule has 0 aromatic heterocycles. The molecule has 132 valence electrons. The summed E-state index contributed by atoms with van der Waals surface area (Å²) in [6.45, 7) is 4.12. The summed E-state index contributed by atoms with van der Waals surface area (Å²) in [7, 11) is 0. The summed E-state index contributed by atoms with van der Waals surface area (Å²) in [5, 5.41) is 6.00. The van der Waals surface area contributed by atoms with Crippen molar-refractivity contribution in [3.05, 3.63) is 24.3 Å². The summed E-state index contributed by atoms with van der Waals surface area (Å²) < 4.78 is 0. The van der Waals surface area contributed by atoms with Crippen molar-refractivity contribution in [2.24, 2.45) is 5.92 Å². The first-order chi connectivity index (χ1) is 11.6. The number of nitrogens with one attached hydrogen (secondary N) is 2. The van der Waals surface area contributed by atoms with Gasteiger partial charge in [-0.1, -0.05) is 19.1 Å².